The molecule has 0 radical (unpaired) electrons. The fraction of sp³-hybridized carbons (Fsp3) is 0.222. The Morgan fingerprint density at radius 2 is 2.21 bits per heavy atom. The minimum absolute atomic E-state index is 0. The summed E-state index contributed by atoms with van der Waals surface area (Å²) in [6.07, 6.45) is 0. The second-order valence-electron chi connectivity index (χ2n) is 2.59. The van der Waals surface area contributed by atoms with Crippen LogP contribution < -0.4 is 61.2 Å². The number of ether oxygens (including phenoxy) is 1. The van der Waals surface area contributed by atoms with Crippen LogP contribution in [0.2, 0.25) is 0 Å². The Kier molecular flexibility index (Phi) is 7.28. The summed E-state index contributed by atoms with van der Waals surface area (Å²) in [6.45, 7) is 1.51. The normalized spacial score (nSPS) is 9.00. The molecule has 5 heteroatoms. The summed E-state index contributed by atoms with van der Waals surface area (Å²) >= 11 is 3.26. The van der Waals surface area contributed by atoms with Gasteiger partial charge in [0.2, 0.25) is 0 Å². The quantitative estimate of drug-likeness (QED) is 0.597. The molecule has 0 aromatic heterocycles. The summed E-state index contributed by atoms with van der Waals surface area (Å²) in [5.41, 5.74) is 1.08. The first kappa shape index (κ1) is 14.6. The maximum absolute atomic E-state index is 10.1. The molecule has 0 spiro atoms. The molecule has 0 aliphatic rings. The van der Waals surface area contributed by atoms with Gasteiger partial charge in [0.1, 0.15) is 12.4 Å². The van der Waals surface area contributed by atoms with Gasteiger partial charge in [-0.15, -0.1) is 0 Å². The summed E-state index contributed by atoms with van der Waals surface area (Å²) in [7, 11) is 0. The molecule has 0 saturated carbocycles. The Bertz CT molecular complexity index is 328. The fourth-order valence-corrected chi connectivity index (χ4v) is 1.47. The van der Waals surface area contributed by atoms with E-state index in [1.165, 1.54) is 0 Å². The third-order valence-corrected chi connectivity index (χ3v) is 2.05. The van der Waals surface area contributed by atoms with Crippen LogP contribution in [0.4, 0.5) is 0 Å². The molecule has 0 heterocycles. The standard InChI is InChI=1S/C9H9BrO3.K/c1-6-2-3-8(7(10)4-6)13-5-9(11)12;/h2-4H,5H2,1H3,(H,11,12);/q;+1/p-1. The van der Waals surface area contributed by atoms with Gasteiger partial charge in [-0.3, -0.25) is 0 Å². The van der Waals surface area contributed by atoms with Crippen LogP contribution in [0.1, 0.15) is 5.56 Å². The summed E-state index contributed by atoms with van der Waals surface area (Å²) < 4.78 is 5.69. The van der Waals surface area contributed by atoms with E-state index in [1.807, 2.05) is 19.1 Å². The zero-order valence-corrected chi connectivity index (χ0v) is 12.8. The Morgan fingerprint density at radius 1 is 1.57 bits per heavy atom. The van der Waals surface area contributed by atoms with E-state index >= 15 is 0 Å². The zero-order valence-electron chi connectivity index (χ0n) is 8.04. The summed E-state index contributed by atoms with van der Waals surface area (Å²) in [6, 6.07) is 5.41. The van der Waals surface area contributed by atoms with Gasteiger partial charge >= 0.3 is 51.4 Å². The van der Waals surface area contributed by atoms with Crippen LogP contribution >= 0.6 is 15.9 Å². The van der Waals surface area contributed by atoms with Crippen molar-refractivity contribution in [2.75, 3.05) is 6.61 Å². The number of aryl methyl sites for hydroxylation is 1. The van der Waals surface area contributed by atoms with E-state index < -0.39 is 12.6 Å². The molecular weight excluding hydrogens is 275 g/mol. The molecule has 1 aromatic rings. The van der Waals surface area contributed by atoms with Crippen molar-refractivity contribution in [2.24, 2.45) is 0 Å². The first-order valence-corrected chi connectivity index (χ1v) is 4.47. The molecule has 1 rings (SSSR count). The van der Waals surface area contributed by atoms with Crippen molar-refractivity contribution in [3.8, 4) is 5.75 Å². The van der Waals surface area contributed by atoms with Crippen LogP contribution in [0.25, 0.3) is 0 Å². The molecule has 1 aromatic carbocycles. The number of carboxylic acids is 1. The molecule has 0 aliphatic heterocycles. The van der Waals surface area contributed by atoms with Gasteiger partial charge in [-0.05, 0) is 40.5 Å². The van der Waals surface area contributed by atoms with Crippen molar-refractivity contribution < 1.29 is 66.0 Å². The maximum Gasteiger partial charge on any atom is 1.00 e. The van der Waals surface area contributed by atoms with E-state index in [-0.39, 0.29) is 51.4 Å². The van der Waals surface area contributed by atoms with Crippen LogP contribution in [0.5, 0.6) is 5.75 Å². The van der Waals surface area contributed by atoms with E-state index in [4.69, 9.17) is 4.74 Å². The Morgan fingerprint density at radius 3 is 2.71 bits per heavy atom. The molecule has 0 fully saturated rings. The molecule has 0 atom stereocenters. The number of hydrogen-bond donors (Lipinski definition) is 0. The van der Waals surface area contributed by atoms with E-state index in [1.54, 1.807) is 6.07 Å². The van der Waals surface area contributed by atoms with Gasteiger partial charge in [-0.25, -0.2) is 0 Å². The molecule has 0 N–H and O–H groups in total. The van der Waals surface area contributed by atoms with Crippen molar-refractivity contribution >= 4 is 21.9 Å². The third kappa shape index (κ3) is 4.91. The number of halogens is 1. The minimum Gasteiger partial charge on any atom is -0.546 e. The largest absolute Gasteiger partial charge is 1.00 e. The van der Waals surface area contributed by atoms with Crippen molar-refractivity contribution in [2.45, 2.75) is 6.92 Å². The second-order valence-corrected chi connectivity index (χ2v) is 3.45. The Balaban J connectivity index is 0.00000169. The fourth-order valence-electron chi connectivity index (χ4n) is 0.860. The van der Waals surface area contributed by atoms with Gasteiger partial charge in [0.25, 0.3) is 0 Å². The molecule has 0 aliphatic carbocycles. The number of benzene rings is 1. The average Bonchev–Trinajstić information content (AvgIpc) is 2.02. The molecule has 14 heavy (non-hydrogen) atoms. The van der Waals surface area contributed by atoms with Gasteiger partial charge in [-0.2, -0.15) is 0 Å². The number of carboxylic acid groups (broad SMARTS) is 1. The van der Waals surface area contributed by atoms with Gasteiger partial charge in [0, 0.05) is 0 Å². The SMILES string of the molecule is Cc1ccc(OCC(=O)[O-])c(Br)c1.[K+]. The van der Waals surface area contributed by atoms with E-state index in [9.17, 15) is 9.90 Å². The first-order chi connectivity index (χ1) is 6.09. The maximum atomic E-state index is 10.1. The summed E-state index contributed by atoms with van der Waals surface area (Å²) in [5.74, 6) is -0.720. The van der Waals surface area contributed by atoms with Crippen LogP contribution in [0, 0.1) is 6.92 Å². The number of aliphatic carboxylic acids is 1. The molecule has 0 bridgehead atoms. The van der Waals surface area contributed by atoms with E-state index in [2.05, 4.69) is 15.9 Å². The molecule has 0 amide bonds. The van der Waals surface area contributed by atoms with Gasteiger partial charge in [0.15, 0.2) is 0 Å². The number of hydrogen-bond acceptors (Lipinski definition) is 3. The van der Waals surface area contributed by atoms with Crippen LogP contribution in [-0.2, 0) is 4.79 Å². The van der Waals surface area contributed by atoms with Gasteiger partial charge in [0.05, 0.1) is 10.4 Å². The molecule has 70 valence electrons. The molecule has 0 saturated heterocycles. The van der Waals surface area contributed by atoms with Crippen molar-refractivity contribution in [1.29, 1.82) is 0 Å². The van der Waals surface area contributed by atoms with Crippen LogP contribution in [0.15, 0.2) is 22.7 Å². The predicted octanol–water partition coefficient (Wildman–Crippen LogP) is -2.11. The van der Waals surface area contributed by atoms with Gasteiger partial charge in [-0.1, -0.05) is 6.07 Å². The second kappa shape index (κ2) is 6.98. The molecular formula is C9H8BrKO3. The minimum atomic E-state index is -1.23. The summed E-state index contributed by atoms with van der Waals surface area (Å²) in [5, 5.41) is 10.1. The smallest absolute Gasteiger partial charge is 0.546 e. The van der Waals surface area contributed by atoms with E-state index in [0.717, 1.165) is 10.0 Å². The van der Waals surface area contributed by atoms with Crippen LogP contribution in [-0.4, -0.2) is 12.6 Å². The Labute approximate surface area is 133 Å². The Hall–Kier alpha value is 0.606. The number of rotatable bonds is 3. The first-order valence-electron chi connectivity index (χ1n) is 3.68. The topological polar surface area (TPSA) is 49.4 Å². The van der Waals surface area contributed by atoms with Crippen LogP contribution in [0.3, 0.4) is 0 Å². The van der Waals surface area contributed by atoms with E-state index in [0.29, 0.717) is 5.75 Å². The number of carbonyl (C=O) groups excluding carboxylic acids is 1. The zero-order chi connectivity index (χ0) is 9.84. The van der Waals surface area contributed by atoms with Gasteiger partial charge < -0.3 is 14.6 Å². The molecule has 0 unspecified atom stereocenters. The third-order valence-electron chi connectivity index (χ3n) is 1.43. The van der Waals surface area contributed by atoms with Crippen molar-refractivity contribution in [1.82, 2.24) is 0 Å². The number of carbonyl (C=O) groups is 1. The van der Waals surface area contributed by atoms with Crippen molar-refractivity contribution in [3.63, 3.8) is 0 Å². The summed E-state index contributed by atoms with van der Waals surface area (Å²) in [4.78, 5) is 10.1. The molecule has 3 nitrogen and oxygen atoms in total. The predicted molar refractivity (Wildman–Crippen MR) is 49.4 cm³/mol. The monoisotopic (exact) mass is 282 g/mol. The van der Waals surface area contributed by atoms with Crippen molar-refractivity contribution in [3.05, 3.63) is 28.2 Å². The average molecular weight is 283 g/mol.